The number of hydrogen-bond donors (Lipinski definition) is 1. The summed E-state index contributed by atoms with van der Waals surface area (Å²) in [6.45, 7) is 7.39. The Morgan fingerprint density at radius 3 is 2.28 bits per heavy atom. The number of nitrogens with zero attached hydrogens (tertiary/aromatic N) is 1. The first-order chi connectivity index (χ1) is 13.6. The van der Waals surface area contributed by atoms with E-state index in [1.165, 1.54) is 12.7 Å². The Morgan fingerprint density at radius 1 is 1.14 bits per heavy atom. The van der Waals surface area contributed by atoms with E-state index in [1.54, 1.807) is 19.1 Å². The number of benzene rings is 2. The van der Waals surface area contributed by atoms with Gasteiger partial charge in [0.1, 0.15) is 11.8 Å². The van der Waals surface area contributed by atoms with Crippen LogP contribution in [0.3, 0.4) is 0 Å². The van der Waals surface area contributed by atoms with Gasteiger partial charge in [-0.25, -0.2) is 8.42 Å². The fourth-order valence-corrected chi connectivity index (χ4v) is 4.38. The van der Waals surface area contributed by atoms with Gasteiger partial charge in [-0.15, -0.1) is 0 Å². The molecule has 1 amide bonds. The van der Waals surface area contributed by atoms with Gasteiger partial charge in [0.15, 0.2) is 0 Å². The minimum absolute atomic E-state index is 0.253. The van der Waals surface area contributed by atoms with E-state index in [2.05, 4.69) is 12.2 Å². The molecule has 0 saturated heterocycles. The third kappa shape index (κ3) is 5.50. The van der Waals surface area contributed by atoms with Crippen LogP contribution in [0.25, 0.3) is 0 Å². The summed E-state index contributed by atoms with van der Waals surface area (Å²) >= 11 is 0. The van der Waals surface area contributed by atoms with Crippen LogP contribution in [0.2, 0.25) is 0 Å². The highest BCUT2D eigenvalue weighted by Crippen LogP contribution is 2.32. The zero-order valence-electron chi connectivity index (χ0n) is 17.9. The first-order valence-corrected chi connectivity index (χ1v) is 11.5. The van der Waals surface area contributed by atoms with Crippen LogP contribution < -0.4 is 14.4 Å². The normalized spacial score (nSPS) is 13.4. The van der Waals surface area contributed by atoms with Crippen molar-refractivity contribution in [1.29, 1.82) is 0 Å². The van der Waals surface area contributed by atoms with Gasteiger partial charge in [-0.2, -0.15) is 0 Å². The van der Waals surface area contributed by atoms with Gasteiger partial charge in [0, 0.05) is 0 Å². The monoisotopic (exact) mass is 418 g/mol. The molecule has 0 radical (unpaired) electrons. The lowest BCUT2D eigenvalue weighted by Crippen LogP contribution is -2.48. The number of methoxy groups -OCH3 is 1. The Hall–Kier alpha value is -2.54. The summed E-state index contributed by atoms with van der Waals surface area (Å²) in [5.74, 6) is 0.00919. The van der Waals surface area contributed by atoms with Gasteiger partial charge < -0.3 is 10.1 Å². The Balaban J connectivity index is 2.30. The second-order valence-corrected chi connectivity index (χ2v) is 9.09. The Kier molecular flexibility index (Phi) is 7.30. The quantitative estimate of drug-likeness (QED) is 0.711. The van der Waals surface area contributed by atoms with Crippen molar-refractivity contribution in [1.82, 2.24) is 5.32 Å². The van der Waals surface area contributed by atoms with Gasteiger partial charge >= 0.3 is 0 Å². The molecular formula is C22H30N2O4S. The molecule has 0 fully saturated rings. The second kappa shape index (κ2) is 9.31. The number of amides is 1. The highest BCUT2D eigenvalue weighted by molar-refractivity contribution is 7.92. The zero-order chi connectivity index (χ0) is 21.8. The van der Waals surface area contributed by atoms with E-state index >= 15 is 0 Å². The van der Waals surface area contributed by atoms with E-state index in [9.17, 15) is 13.2 Å². The summed E-state index contributed by atoms with van der Waals surface area (Å²) in [4.78, 5) is 12.9. The van der Waals surface area contributed by atoms with Crippen LogP contribution in [0.1, 0.15) is 43.5 Å². The molecule has 0 spiro atoms. The molecule has 2 aromatic rings. The van der Waals surface area contributed by atoms with Gasteiger partial charge in [-0.3, -0.25) is 9.10 Å². The number of rotatable bonds is 8. The summed E-state index contributed by atoms with van der Waals surface area (Å²) in [6, 6.07) is 12.1. The molecule has 1 N–H and O–H groups in total. The third-order valence-corrected chi connectivity index (χ3v) is 6.13. The molecule has 2 aromatic carbocycles. The second-order valence-electron chi connectivity index (χ2n) is 7.24. The van der Waals surface area contributed by atoms with Crippen LogP contribution in [0.4, 0.5) is 5.69 Å². The fourth-order valence-electron chi connectivity index (χ4n) is 3.21. The summed E-state index contributed by atoms with van der Waals surface area (Å²) in [6.07, 6.45) is 2.03. The van der Waals surface area contributed by atoms with Gasteiger partial charge in [0.2, 0.25) is 15.9 Å². The molecular weight excluding hydrogens is 388 g/mol. The molecule has 7 heteroatoms. The van der Waals surface area contributed by atoms with E-state index in [4.69, 9.17) is 4.74 Å². The number of aryl methyl sites for hydroxylation is 2. The predicted molar refractivity (Wildman–Crippen MR) is 117 cm³/mol. The number of carbonyl (C=O) groups is 1. The van der Waals surface area contributed by atoms with Crippen molar-refractivity contribution in [2.45, 2.75) is 46.2 Å². The van der Waals surface area contributed by atoms with Crippen molar-refractivity contribution >= 4 is 21.6 Å². The highest BCUT2D eigenvalue weighted by Gasteiger charge is 2.32. The summed E-state index contributed by atoms with van der Waals surface area (Å²) in [5, 5.41) is 2.92. The third-order valence-electron chi connectivity index (χ3n) is 4.91. The first-order valence-electron chi connectivity index (χ1n) is 9.61. The fraction of sp³-hybridized carbons (Fsp3) is 0.409. The van der Waals surface area contributed by atoms with Crippen LogP contribution in [-0.2, 0) is 21.2 Å². The average molecular weight is 419 g/mol. The minimum Gasteiger partial charge on any atom is -0.495 e. The van der Waals surface area contributed by atoms with Gasteiger partial charge in [0.25, 0.3) is 0 Å². The molecule has 158 valence electrons. The molecule has 2 atom stereocenters. The number of ether oxygens (including phenoxy) is 1. The van der Waals surface area contributed by atoms with Gasteiger partial charge in [0.05, 0.1) is 25.1 Å². The van der Waals surface area contributed by atoms with E-state index in [0.717, 1.165) is 28.1 Å². The maximum atomic E-state index is 12.9. The average Bonchev–Trinajstić information content (AvgIpc) is 2.67. The summed E-state index contributed by atoms with van der Waals surface area (Å²) < 4.78 is 31.6. The highest BCUT2D eigenvalue weighted by atomic mass is 32.2. The van der Waals surface area contributed by atoms with E-state index in [0.29, 0.717) is 11.4 Å². The topological polar surface area (TPSA) is 75.7 Å². The largest absolute Gasteiger partial charge is 0.495 e. The van der Waals surface area contributed by atoms with Crippen LogP contribution in [0.15, 0.2) is 42.5 Å². The lowest BCUT2D eigenvalue weighted by molar-refractivity contribution is -0.122. The first kappa shape index (κ1) is 22.7. The molecule has 0 saturated carbocycles. The standard InChI is InChI=1S/C22H30N2O4S/c1-7-18-9-11-19(12-10-18)16(3)23-22(25)17(4)24(29(6,26)27)20-14-15(2)8-13-21(20)28-5/h8-14,16-17H,7H2,1-6H3,(H,23,25)/t16-,17-/m1/s1. The molecule has 6 nitrogen and oxygen atoms in total. The maximum absolute atomic E-state index is 12.9. The Bertz CT molecular complexity index is 955. The van der Waals surface area contributed by atoms with Crippen molar-refractivity contribution < 1.29 is 17.9 Å². The molecule has 0 aliphatic heterocycles. The lowest BCUT2D eigenvalue weighted by Gasteiger charge is -2.30. The van der Waals surface area contributed by atoms with Crippen LogP contribution >= 0.6 is 0 Å². The van der Waals surface area contributed by atoms with Crippen LogP contribution in [0.5, 0.6) is 5.75 Å². The van der Waals surface area contributed by atoms with E-state index in [-0.39, 0.29) is 11.9 Å². The molecule has 0 aliphatic carbocycles. The number of carbonyl (C=O) groups excluding carboxylic acids is 1. The SMILES string of the molecule is CCc1ccc([C@@H](C)NC(=O)[C@@H](C)N(c2cc(C)ccc2OC)S(C)(=O)=O)cc1. The predicted octanol–water partition coefficient (Wildman–Crippen LogP) is 3.60. The van der Waals surface area contributed by atoms with Gasteiger partial charge in [-0.05, 0) is 56.0 Å². The van der Waals surface area contributed by atoms with E-state index < -0.39 is 16.1 Å². The van der Waals surface area contributed by atoms with Crippen LogP contribution in [-0.4, -0.2) is 33.7 Å². The lowest BCUT2D eigenvalue weighted by atomic mass is 10.0. The van der Waals surface area contributed by atoms with Crippen molar-refractivity contribution in [2.75, 3.05) is 17.7 Å². The summed E-state index contributed by atoms with van der Waals surface area (Å²) in [7, 11) is -2.25. The Labute approximate surface area is 173 Å². The minimum atomic E-state index is -3.73. The van der Waals surface area contributed by atoms with Crippen molar-refractivity contribution in [3.05, 3.63) is 59.2 Å². The number of hydrogen-bond acceptors (Lipinski definition) is 4. The van der Waals surface area contributed by atoms with Gasteiger partial charge in [-0.1, -0.05) is 37.3 Å². The maximum Gasteiger partial charge on any atom is 0.244 e. The van der Waals surface area contributed by atoms with Crippen molar-refractivity contribution in [3.63, 3.8) is 0 Å². The number of anilines is 1. The van der Waals surface area contributed by atoms with Crippen LogP contribution in [0, 0.1) is 6.92 Å². The zero-order valence-corrected chi connectivity index (χ0v) is 18.7. The molecule has 0 heterocycles. The molecule has 29 heavy (non-hydrogen) atoms. The molecule has 0 aliphatic rings. The number of sulfonamides is 1. The van der Waals surface area contributed by atoms with Crippen molar-refractivity contribution in [3.8, 4) is 5.75 Å². The van der Waals surface area contributed by atoms with Crippen molar-refractivity contribution in [2.24, 2.45) is 0 Å². The molecule has 0 bridgehead atoms. The summed E-state index contributed by atoms with van der Waals surface area (Å²) in [5.41, 5.74) is 3.39. The molecule has 0 aromatic heterocycles. The Morgan fingerprint density at radius 2 is 1.76 bits per heavy atom. The van der Waals surface area contributed by atoms with E-state index in [1.807, 2.05) is 44.2 Å². The number of nitrogens with one attached hydrogen (secondary N) is 1. The smallest absolute Gasteiger partial charge is 0.244 e. The molecule has 0 unspecified atom stereocenters. The molecule has 2 rings (SSSR count).